The van der Waals surface area contributed by atoms with E-state index in [1.807, 2.05) is 25.1 Å². The van der Waals surface area contributed by atoms with Crippen molar-refractivity contribution in [1.82, 2.24) is 10.4 Å². The van der Waals surface area contributed by atoms with Gasteiger partial charge in [-0.1, -0.05) is 33.8 Å². The van der Waals surface area contributed by atoms with Crippen LogP contribution in [0, 0.1) is 0 Å². The van der Waals surface area contributed by atoms with Crippen molar-refractivity contribution in [2.45, 2.75) is 6.92 Å². The van der Waals surface area contributed by atoms with Gasteiger partial charge in [0.15, 0.2) is 4.32 Å². The van der Waals surface area contributed by atoms with Crippen molar-refractivity contribution >= 4 is 73.5 Å². The molecule has 1 saturated heterocycles. The number of carbonyl (C=O) groups is 2. The predicted octanol–water partition coefficient (Wildman–Crippen LogP) is 4.46. The van der Waals surface area contributed by atoms with Gasteiger partial charge in [-0.3, -0.25) is 15.0 Å². The first kappa shape index (κ1) is 19.1. The molecule has 0 atom stereocenters. The molecule has 0 unspecified atom stereocenters. The predicted molar refractivity (Wildman–Crippen MR) is 112 cm³/mol. The molecule has 1 aliphatic heterocycles. The number of ether oxygens (including phenoxy) is 1. The molecule has 1 aliphatic rings. The lowest BCUT2D eigenvalue weighted by Crippen LogP contribution is -2.44. The topological polar surface area (TPSA) is 58.6 Å². The van der Waals surface area contributed by atoms with E-state index in [0.717, 1.165) is 26.8 Å². The lowest BCUT2D eigenvalue weighted by molar-refractivity contribution is -0.123. The third-order valence-electron chi connectivity index (χ3n) is 3.31. The van der Waals surface area contributed by atoms with Crippen LogP contribution >= 0.6 is 51.2 Å². The lowest BCUT2D eigenvalue weighted by Gasteiger charge is -2.14. The van der Waals surface area contributed by atoms with Gasteiger partial charge in [0.25, 0.3) is 11.8 Å². The van der Waals surface area contributed by atoms with Crippen LogP contribution in [0.1, 0.15) is 22.2 Å². The maximum atomic E-state index is 12.7. The molecular formula is C17H13BrN2O3S3. The summed E-state index contributed by atoms with van der Waals surface area (Å²) >= 11 is 11.1. The minimum absolute atomic E-state index is 0.277. The molecular weight excluding hydrogens is 456 g/mol. The molecule has 2 amide bonds. The zero-order valence-corrected chi connectivity index (χ0v) is 17.6. The fourth-order valence-corrected chi connectivity index (χ4v) is 4.35. The Hall–Kier alpha value is -1.68. The van der Waals surface area contributed by atoms with Gasteiger partial charge >= 0.3 is 0 Å². The fourth-order valence-electron chi connectivity index (χ4n) is 2.19. The summed E-state index contributed by atoms with van der Waals surface area (Å²) in [7, 11) is 0. The maximum absolute atomic E-state index is 12.7. The van der Waals surface area contributed by atoms with E-state index in [4.69, 9.17) is 17.0 Å². The van der Waals surface area contributed by atoms with E-state index in [9.17, 15) is 9.59 Å². The molecule has 0 saturated carbocycles. The first-order chi connectivity index (χ1) is 12.5. The maximum Gasteiger partial charge on any atom is 0.285 e. The van der Waals surface area contributed by atoms with Gasteiger partial charge in [-0.2, -0.15) is 5.01 Å². The largest absolute Gasteiger partial charge is 0.493 e. The highest BCUT2D eigenvalue weighted by Crippen LogP contribution is 2.34. The first-order valence-corrected chi connectivity index (χ1v) is 10.4. The molecule has 1 aromatic carbocycles. The summed E-state index contributed by atoms with van der Waals surface area (Å²) in [6, 6.07) is 9.02. The Bertz CT molecular complexity index is 897. The molecule has 1 N–H and O–H groups in total. The molecule has 0 spiro atoms. The van der Waals surface area contributed by atoms with Crippen molar-refractivity contribution in [3.63, 3.8) is 0 Å². The number of carbonyl (C=O) groups excluding carboxylic acids is 2. The second-order valence-electron chi connectivity index (χ2n) is 5.05. The minimum Gasteiger partial charge on any atom is -0.493 e. The Morgan fingerprint density at radius 3 is 2.92 bits per heavy atom. The van der Waals surface area contributed by atoms with E-state index in [1.165, 1.54) is 11.3 Å². The zero-order valence-electron chi connectivity index (χ0n) is 13.5. The van der Waals surface area contributed by atoms with Crippen LogP contribution in [0.4, 0.5) is 0 Å². The number of hydrogen-bond acceptors (Lipinski definition) is 6. The van der Waals surface area contributed by atoms with E-state index in [1.54, 1.807) is 23.6 Å². The Morgan fingerprint density at radius 1 is 1.42 bits per heavy atom. The molecule has 0 radical (unpaired) electrons. The average Bonchev–Trinajstić information content (AvgIpc) is 3.22. The summed E-state index contributed by atoms with van der Waals surface area (Å²) in [6.45, 7) is 2.41. The fraction of sp³-hybridized carbons (Fsp3) is 0.118. The smallest absolute Gasteiger partial charge is 0.285 e. The minimum atomic E-state index is -0.368. The Kier molecular flexibility index (Phi) is 6.13. The normalized spacial score (nSPS) is 15.6. The standard InChI is InChI=1S/C17H13BrN2O3S3/c1-2-23-12-6-5-11(18)8-10(12)9-14-16(22)20(17(24)26-14)19-15(21)13-4-3-7-25-13/h3-9H,2H2,1H3,(H,19,21)/b14-9+. The van der Waals surface area contributed by atoms with Gasteiger partial charge in [0.05, 0.1) is 16.4 Å². The molecule has 0 bridgehead atoms. The number of hydrogen-bond donors (Lipinski definition) is 1. The van der Waals surface area contributed by atoms with E-state index in [2.05, 4.69) is 21.4 Å². The Labute approximate surface area is 172 Å². The van der Waals surface area contributed by atoms with Crippen LogP contribution in [-0.4, -0.2) is 27.8 Å². The highest BCUT2D eigenvalue weighted by molar-refractivity contribution is 9.10. The van der Waals surface area contributed by atoms with Crippen molar-refractivity contribution in [3.8, 4) is 5.75 Å². The van der Waals surface area contributed by atoms with E-state index in [-0.39, 0.29) is 16.1 Å². The SMILES string of the molecule is CCOc1ccc(Br)cc1/C=C1/SC(=S)N(NC(=O)c2cccs2)C1=O. The van der Waals surface area contributed by atoms with E-state index in [0.29, 0.717) is 22.1 Å². The highest BCUT2D eigenvalue weighted by atomic mass is 79.9. The molecule has 134 valence electrons. The first-order valence-electron chi connectivity index (χ1n) is 7.54. The highest BCUT2D eigenvalue weighted by Gasteiger charge is 2.34. The van der Waals surface area contributed by atoms with Gasteiger partial charge in [0.2, 0.25) is 0 Å². The monoisotopic (exact) mass is 468 g/mol. The number of thiophene rings is 1. The van der Waals surface area contributed by atoms with Crippen LogP contribution in [0.5, 0.6) is 5.75 Å². The van der Waals surface area contributed by atoms with Crippen LogP contribution < -0.4 is 10.2 Å². The van der Waals surface area contributed by atoms with Crippen LogP contribution in [0.25, 0.3) is 6.08 Å². The molecule has 5 nitrogen and oxygen atoms in total. The molecule has 1 aromatic heterocycles. The summed E-state index contributed by atoms with van der Waals surface area (Å²) in [4.78, 5) is 25.8. The number of rotatable bonds is 5. The second-order valence-corrected chi connectivity index (χ2v) is 8.59. The van der Waals surface area contributed by atoms with E-state index < -0.39 is 0 Å². The summed E-state index contributed by atoms with van der Waals surface area (Å²) in [6.07, 6.45) is 1.71. The van der Waals surface area contributed by atoms with Gasteiger partial charge in [-0.05, 0) is 54.9 Å². The summed E-state index contributed by atoms with van der Waals surface area (Å²) in [5.74, 6) is -0.0640. The van der Waals surface area contributed by atoms with Gasteiger partial charge in [-0.15, -0.1) is 11.3 Å². The third-order valence-corrected chi connectivity index (χ3v) is 5.97. The van der Waals surface area contributed by atoms with Gasteiger partial charge in [-0.25, -0.2) is 0 Å². The number of thiocarbonyl (C=S) groups is 1. The Morgan fingerprint density at radius 2 is 2.23 bits per heavy atom. The van der Waals surface area contributed by atoms with Crippen molar-refractivity contribution in [2.75, 3.05) is 6.61 Å². The number of nitrogens with zero attached hydrogens (tertiary/aromatic N) is 1. The summed E-state index contributed by atoms with van der Waals surface area (Å²) in [5.41, 5.74) is 3.32. The average molecular weight is 469 g/mol. The number of nitrogens with one attached hydrogen (secondary N) is 1. The van der Waals surface area contributed by atoms with Crippen molar-refractivity contribution in [3.05, 3.63) is 55.5 Å². The Balaban J connectivity index is 1.83. The molecule has 2 heterocycles. The van der Waals surface area contributed by atoms with Crippen LogP contribution in [0.3, 0.4) is 0 Å². The molecule has 0 aliphatic carbocycles. The summed E-state index contributed by atoms with van der Waals surface area (Å²) < 4.78 is 6.75. The van der Waals surface area contributed by atoms with Crippen LogP contribution in [0.2, 0.25) is 0 Å². The van der Waals surface area contributed by atoms with Gasteiger partial charge < -0.3 is 4.74 Å². The number of thioether (sulfide) groups is 1. The second kappa shape index (κ2) is 8.34. The van der Waals surface area contributed by atoms with Gasteiger partial charge in [0.1, 0.15) is 5.75 Å². The molecule has 9 heteroatoms. The van der Waals surface area contributed by atoms with E-state index >= 15 is 0 Å². The lowest BCUT2D eigenvalue weighted by atomic mass is 10.2. The van der Waals surface area contributed by atoms with Crippen LogP contribution in [-0.2, 0) is 4.79 Å². The number of benzene rings is 1. The number of halogens is 1. The van der Waals surface area contributed by atoms with Crippen molar-refractivity contribution < 1.29 is 14.3 Å². The number of hydrazine groups is 1. The van der Waals surface area contributed by atoms with Crippen LogP contribution in [0.15, 0.2) is 45.1 Å². The molecule has 2 aromatic rings. The van der Waals surface area contributed by atoms with Crippen molar-refractivity contribution in [2.24, 2.45) is 0 Å². The molecule has 26 heavy (non-hydrogen) atoms. The van der Waals surface area contributed by atoms with Crippen molar-refractivity contribution in [1.29, 1.82) is 0 Å². The number of amides is 2. The summed E-state index contributed by atoms with van der Waals surface area (Å²) in [5, 5.41) is 2.90. The third kappa shape index (κ3) is 4.17. The molecule has 3 rings (SSSR count). The molecule has 1 fully saturated rings. The zero-order chi connectivity index (χ0) is 18.7. The van der Waals surface area contributed by atoms with Gasteiger partial charge in [0, 0.05) is 10.0 Å². The quantitative estimate of drug-likeness (QED) is 0.518.